The van der Waals surface area contributed by atoms with E-state index in [2.05, 4.69) is 16.4 Å². The van der Waals surface area contributed by atoms with E-state index in [1.165, 1.54) is 89.3 Å². The molecule has 1 rings (SSSR count). The average Bonchev–Trinajstić information content (AvgIpc) is 3.01. The highest BCUT2D eigenvalue weighted by Crippen LogP contribution is 2.14. The van der Waals surface area contributed by atoms with E-state index in [1.807, 2.05) is 0 Å². The quantitative estimate of drug-likeness (QED) is 0.281. The topological polar surface area (TPSA) is 46.7 Å². The molecule has 0 unspecified atom stereocenters. The smallest absolute Gasteiger partial charge is 0.247 e. The van der Waals surface area contributed by atoms with Crippen LogP contribution in [0.25, 0.3) is 0 Å². The zero-order chi connectivity index (χ0) is 18.9. The molecule has 1 aliphatic heterocycles. The maximum atomic E-state index is 9.22. The fraction of sp³-hybridized carbons (Fsp3) is 0.955. The molecule has 1 aliphatic rings. The Balaban J connectivity index is 1.99. The molecule has 0 amide bonds. The maximum absolute atomic E-state index is 9.22. The summed E-state index contributed by atoms with van der Waals surface area (Å²) >= 11 is 0. The second-order valence-corrected chi connectivity index (χ2v) is 7.83. The lowest BCUT2D eigenvalue weighted by atomic mass is 10.0. The van der Waals surface area contributed by atoms with E-state index in [-0.39, 0.29) is 13.2 Å². The van der Waals surface area contributed by atoms with Crippen molar-refractivity contribution in [1.29, 1.82) is 0 Å². The summed E-state index contributed by atoms with van der Waals surface area (Å²) in [7, 11) is 0. The summed E-state index contributed by atoms with van der Waals surface area (Å²) < 4.78 is 2.30. The molecule has 0 aromatic rings. The molecule has 4 nitrogen and oxygen atoms in total. The minimum atomic E-state index is 0.217. The van der Waals surface area contributed by atoms with Gasteiger partial charge < -0.3 is 10.2 Å². The highest BCUT2D eigenvalue weighted by Gasteiger charge is 2.28. The van der Waals surface area contributed by atoms with Crippen molar-refractivity contribution in [3.05, 3.63) is 0 Å². The molecule has 0 fully saturated rings. The van der Waals surface area contributed by atoms with Crippen molar-refractivity contribution < 1.29 is 14.8 Å². The van der Waals surface area contributed by atoms with Gasteiger partial charge in [0.2, 0.25) is 5.84 Å². The van der Waals surface area contributed by atoms with Crippen molar-refractivity contribution in [1.82, 2.24) is 4.90 Å². The first-order valence-electron chi connectivity index (χ1n) is 11.4. The summed E-state index contributed by atoms with van der Waals surface area (Å²) in [6.45, 7) is 6.17. The number of amidine groups is 1. The van der Waals surface area contributed by atoms with Crippen LogP contribution in [-0.2, 0) is 0 Å². The monoisotopic (exact) mass is 369 g/mol. The number of rotatable bonds is 18. The lowest BCUT2D eigenvalue weighted by molar-refractivity contribution is -0.521. The Labute approximate surface area is 162 Å². The van der Waals surface area contributed by atoms with Gasteiger partial charge in [0.15, 0.2) is 0 Å². The molecule has 0 radical (unpaired) electrons. The fourth-order valence-electron chi connectivity index (χ4n) is 4.04. The van der Waals surface area contributed by atoms with Gasteiger partial charge in [0.05, 0.1) is 13.2 Å². The van der Waals surface area contributed by atoms with Gasteiger partial charge in [-0.1, -0.05) is 84.0 Å². The van der Waals surface area contributed by atoms with Gasteiger partial charge in [-0.3, -0.25) is 9.48 Å². The van der Waals surface area contributed by atoms with Gasteiger partial charge in [-0.15, -0.1) is 0 Å². The Morgan fingerprint density at radius 1 is 0.769 bits per heavy atom. The van der Waals surface area contributed by atoms with E-state index >= 15 is 0 Å². The van der Waals surface area contributed by atoms with E-state index in [9.17, 15) is 10.2 Å². The first-order valence-corrected chi connectivity index (χ1v) is 11.4. The molecule has 0 aliphatic carbocycles. The van der Waals surface area contributed by atoms with Crippen molar-refractivity contribution in [3.63, 3.8) is 0 Å². The highest BCUT2D eigenvalue weighted by molar-refractivity contribution is 5.78. The summed E-state index contributed by atoms with van der Waals surface area (Å²) in [5.74, 6) is 1.34. The molecule has 1 heterocycles. The van der Waals surface area contributed by atoms with Crippen LogP contribution in [0.4, 0.5) is 0 Å². The number of aliphatic hydroxyl groups is 2. The summed E-state index contributed by atoms with van der Waals surface area (Å²) in [4.78, 5) is 2.30. The van der Waals surface area contributed by atoms with Gasteiger partial charge in [0.1, 0.15) is 26.2 Å². The Hall–Kier alpha value is -0.610. The largest absolute Gasteiger partial charge is 0.392 e. The second-order valence-electron chi connectivity index (χ2n) is 7.83. The third-order valence-electron chi connectivity index (χ3n) is 5.61. The standard InChI is InChI=1S/C22H45N2O2/c1-2-3-4-5-6-7-8-9-10-11-12-13-14-15-22-23(18-20-25)16-17-24(22)19-21-26/h25-26H,2-21H2,1H3/q+1. The number of β-amino-alcohol motifs (C(OH)–C–C–N with tert-alkyl or cyclic N) is 2. The first kappa shape index (κ1) is 23.4. The Kier molecular flexibility index (Phi) is 14.9. The molecule has 0 aromatic heterocycles. The molecule has 0 bridgehead atoms. The maximum Gasteiger partial charge on any atom is 0.247 e. The SMILES string of the molecule is CCCCCCCCCCCCCCCC1=[N+](CCO)CCN1CCO. The van der Waals surface area contributed by atoms with Gasteiger partial charge in [-0.2, -0.15) is 0 Å². The minimum absolute atomic E-state index is 0.217. The van der Waals surface area contributed by atoms with E-state index < -0.39 is 0 Å². The predicted molar refractivity (Wildman–Crippen MR) is 111 cm³/mol. The van der Waals surface area contributed by atoms with Gasteiger partial charge in [0, 0.05) is 6.42 Å². The summed E-state index contributed by atoms with van der Waals surface area (Å²) in [6.07, 6.45) is 19.1. The van der Waals surface area contributed by atoms with Crippen molar-refractivity contribution in [2.24, 2.45) is 0 Å². The number of aliphatic hydroxyl groups excluding tert-OH is 2. The van der Waals surface area contributed by atoms with Crippen molar-refractivity contribution in [3.8, 4) is 0 Å². The molecule has 154 valence electrons. The summed E-state index contributed by atoms with van der Waals surface area (Å²) in [6, 6.07) is 0. The molecule has 4 heteroatoms. The normalized spacial score (nSPS) is 14.7. The van der Waals surface area contributed by atoms with Crippen LogP contribution in [0.1, 0.15) is 96.8 Å². The highest BCUT2D eigenvalue weighted by atomic mass is 16.3. The Morgan fingerprint density at radius 3 is 1.81 bits per heavy atom. The second kappa shape index (κ2) is 16.6. The van der Waals surface area contributed by atoms with Gasteiger partial charge >= 0.3 is 0 Å². The van der Waals surface area contributed by atoms with Crippen LogP contribution < -0.4 is 0 Å². The predicted octanol–water partition coefficient (Wildman–Crippen LogP) is 4.18. The van der Waals surface area contributed by atoms with Crippen LogP contribution >= 0.6 is 0 Å². The molecule has 0 saturated heterocycles. The molecule has 2 N–H and O–H groups in total. The third kappa shape index (κ3) is 10.5. The number of unbranched alkanes of at least 4 members (excludes halogenated alkanes) is 12. The van der Waals surface area contributed by atoms with E-state index in [4.69, 9.17) is 0 Å². The molecule has 0 spiro atoms. The van der Waals surface area contributed by atoms with Gasteiger partial charge in [-0.05, 0) is 6.42 Å². The van der Waals surface area contributed by atoms with Crippen LogP contribution in [0.3, 0.4) is 0 Å². The average molecular weight is 370 g/mol. The van der Waals surface area contributed by atoms with Crippen LogP contribution in [0.15, 0.2) is 0 Å². The molecule has 26 heavy (non-hydrogen) atoms. The fourth-order valence-corrected chi connectivity index (χ4v) is 4.04. The molecule has 0 saturated carbocycles. The first-order chi connectivity index (χ1) is 12.8. The minimum Gasteiger partial charge on any atom is -0.392 e. The van der Waals surface area contributed by atoms with Crippen molar-refractivity contribution in [2.75, 3.05) is 39.4 Å². The van der Waals surface area contributed by atoms with Crippen LogP contribution in [0.5, 0.6) is 0 Å². The molecular weight excluding hydrogens is 324 g/mol. The lowest BCUT2D eigenvalue weighted by Gasteiger charge is -2.12. The molecule has 0 aromatic carbocycles. The molecule has 0 atom stereocenters. The van der Waals surface area contributed by atoms with E-state index in [0.29, 0.717) is 0 Å². The number of hydrogen-bond acceptors (Lipinski definition) is 3. The summed E-state index contributed by atoms with van der Waals surface area (Å²) in [5.41, 5.74) is 0. The van der Waals surface area contributed by atoms with Crippen molar-refractivity contribution >= 4 is 5.84 Å². The zero-order valence-electron chi connectivity index (χ0n) is 17.4. The van der Waals surface area contributed by atoms with Gasteiger partial charge in [0.25, 0.3) is 0 Å². The van der Waals surface area contributed by atoms with Crippen molar-refractivity contribution in [2.45, 2.75) is 96.8 Å². The Morgan fingerprint density at radius 2 is 1.31 bits per heavy atom. The van der Waals surface area contributed by atoms with Crippen LogP contribution in [0, 0.1) is 0 Å². The number of hydrogen-bond donors (Lipinski definition) is 2. The van der Waals surface area contributed by atoms with Gasteiger partial charge in [-0.25, -0.2) is 0 Å². The van der Waals surface area contributed by atoms with E-state index in [0.717, 1.165) is 32.6 Å². The van der Waals surface area contributed by atoms with Crippen LogP contribution in [0.2, 0.25) is 0 Å². The number of nitrogens with zero attached hydrogens (tertiary/aromatic N) is 2. The summed E-state index contributed by atoms with van der Waals surface area (Å²) in [5, 5.41) is 18.4. The molecular formula is C22H45N2O2+. The van der Waals surface area contributed by atoms with E-state index in [1.54, 1.807) is 0 Å². The Bertz CT molecular complexity index is 358. The lowest BCUT2D eigenvalue weighted by Crippen LogP contribution is -2.32. The zero-order valence-corrected chi connectivity index (χ0v) is 17.4. The third-order valence-corrected chi connectivity index (χ3v) is 5.61. The van der Waals surface area contributed by atoms with Crippen LogP contribution in [-0.4, -0.2) is 64.9 Å².